The molecule has 5 fully saturated rings. The molecule has 0 aromatic heterocycles. The average molecular weight is 376 g/mol. The zero-order chi connectivity index (χ0) is 19.1. The van der Waals surface area contributed by atoms with Crippen LogP contribution < -0.4 is 0 Å². The highest BCUT2D eigenvalue weighted by molar-refractivity contribution is 5.86. The van der Waals surface area contributed by atoms with E-state index in [1.54, 1.807) is 6.92 Å². The predicted octanol–water partition coefficient (Wildman–Crippen LogP) is 3.80. The van der Waals surface area contributed by atoms with E-state index in [2.05, 4.69) is 6.58 Å². The molecule has 5 heteroatoms. The molecule has 5 aliphatic rings. The Morgan fingerprint density at radius 3 is 2.33 bits per heavy atom. The van der Waals surface area contributed by atoms with Gasteiger partial charge >= 0.3 is 11.9 Å². The van der Waals surface area contributed by atoms with Crippen LogP contribution in [-0.4, -0.2) is 37.9 Å². The summed E-state index contributed by atoms with van der Waals surface area (Å²) in [7, 11) is 0. The van der Waals surface area contributed by atoms with Crippen LogP contribution in [0.2, 0.25) is 0 Å². The van der Waals surface area contributed by atoms with Gasteiger partial charge in [0.1, 0.15) is 12.7 Å². The monoisotopic (exact) mass is 376 g/mol. The van der Waals surface area contributed by atoms with Crippen molar-refractivity contribution in [1.29, 1.82) is 0 Å². The van der Waals surface area contributed by atoms with Crippen molar-refractivity contribution < 1.29 is 23.8 Å². The molecular formula is C22H32O5. The summed E-state index contributed by atoms with van der Waals surface area (Å²) in [6, 6.07) is 0. The van der Waals surface area contributed by atoms with Gasteiger partial charge in [-0.15, -0.1) is 0 Å². The fraction of sp³-hybridized carbons (Fsp3) is 0.818. The Balaban J connectivity index is 1.33. The molecule has 0 aromatic rings. The van der Waals surface area contributed by atoms with Crippen LogP contribution in [0, 0.1) is 22.7 Å². The van der Waals surface area contributed by atoms with Gasteiger partial charge in [0.15, 0.2) is 0 Å². The number of carbonyl (C=O) groups is 2. The standard InChI is InChI=1S/C22H32O5/c1-15(2)20(24)26-6-4-22-11-16-7-17(12-22)10-21(9-16,14-22)3-5-25-18-8-19(23)27-13-18/h16-18H,1,3-14H2,2H3. The molecular weight excluding hydrogens is 344 g/mol. The number of cyclic esters (lactones) is 1. The number of ether oxygens (including phenoxy) is 3. The van der Waals surface area contributed by atoms with Crippen molar-refractivity contribution in [2.45, 2.75) is 70.8 Å². The van der Waals surface area contributed by atoms with E-state index in [1.807, 2.05) is 0 Å². The molecule has 3 unspecified atom stereocenters. The first-order valence-electron chi connectivity index (χ1n) is 10.5. The molecule has 27 heavy (non-hydrogen) atoms. The van der Waals surface area contributed by atoms with Crippen molar-refractivity contribution in [3.8, 4) is 0 Å². The van der Waals surface area contributed by atoms with Gasteiger partial charge < -0.3 is 14.2 Å². The summed E-state index contributed by atoms with van der Waals surface area (Å²) >= 11 is 0. The Morgan fingerprint density at radius 2 is 1.78 bits per heavy atom. The Bertz CT molecular complexity index is 610. The normalized spacial score (nSPS) is 39.4. The van der Waals surface area contributed by atoms with E-state index < -0.39 is 0 Å². The first-order valence-corrected chi connectivity index (χ1v) is 10.5. The lowest BCUT2D eigenvalue weighted by atomic mass is 9.43. The van der Waals surface area contributed by atoms with Gasteiger partial charge in [-0.1, -0.05) is 6.58 Å². The highest BCUT2D eigenvalue weighted by Gasteiger charge is 2.57. The van der Waals surface area contributed by atoms with Gasteiger partial charge in [0.2, 0.25) is 0 Å². The van der Waals surface area contributed by atoms with E-state index in [1.165, 1.54) is 38.5 Å². The van der Waals surface area contributed by atoms with Crippen molar-refractivity contribution in [3.05, 3.63) is 12.2 Å². The SMILES string of the molecule is C=C(C)C(=O)OCCC12CC3CC(C1)CC(CCOC1COC(=O)C1)(C3)C2. The van der Waals surface area contributed by atoms with E-state index in [9.17, 15) is 9.59 Å². The molecule has 5 nitrogen and oxygen atoms in total. The fourth-order valence-corrected chi connectivity index (χ4v) is 6.76. The molecule has 0 spiro atoms. The molecule has 4 bridgehead atoms. The third kappa shape index (κ3) is 4.08. The smallest absolute Gasteiger partial charge is 0.333 e. The van der Waals surface area contributed by atoms with E-state index in [0.29, 0.717) is 36.0 Å². The Labute approximate surface area is 161 Å². The maximum Gasteiger partial charge on any atom is 0.333 e. The Hall–Kier alpha value is -1.36. The molecule has 0 radical (unpaired) electrons. The van der Waals surface area contributed by atoms with E-state index >= 15 is 0 Å². The van der Waals surface area contributed by atoms with Gasteiger partial charge in [0.25, 0.3) is 0 Å². The number of rotatable bonds is 8. The molecule has 0 amide bonds. The van der Waals surface area contributed by atoms with Crippen LogP contribution in [-0.2, 0) is 23.8 Å². The average Bonchev–Trinajstić information content (AvgIpc) is 2.98. The van der Waals surface area contributed by atoms with Crippen molar-refractivity contribution in [2.75, 3.05) is 19.8 Å². The topological polar surface area (TPSA) is 61.8 Å². The van der Waals surface area contributed by atoms with Gasteiger partial charge in [-0.25, -0.2) is 4.79 Å². The van der Waals surface area contributed by atoms with Crippen LogP contribution in [0.5, 0.6) is 0 Å². The van der Waals surface area contributed by atoms with Gasteiger partial charge in [-0.05, 0) is 81.0 Å². The predicted molar refractivity (Wildman–Crippen MR) is 99.9 cm³/mol. The van der Waals surface area contributed by atoms with Crippen LogP contribution in [0.1, 0.15) is 64.7 Å². The summed E-state index contributed by atoms with van der Waals surface area (Å²) in [5.41, 5.74) is 1.20. The first-order chi connectivity index (χ1) is 12.9. The van der Waals surface area contributed by atoms with E-state index in [0.717, 1.165) is 31.3 Å². The number of carbonyl (C=O) groups excluding carboxylic acids is 2. The first kappa shape index (κ1) is 19.0. The molecule has 5 rings (SSSR count). The largest absolute Gasteiger partial charge is 0.463 e. The molecule has 4 aliphatic carbocycles. The lowest BCUT2D eigenvalue weighted by Crippen LogP contribution is -2.52. The van der Waals surface area contributed by atoms with Gasteiger partial charge in [-0.3, -0.25) is 4.79 Å². The number of esters is 2. The summed E-state index contributed by atoms with van der Waals surface area (Å²) in [6.07, 6.45) is 10.2. The maximum atomic E-state index is 11.7. The molecule has 1 heterocycles. The van der Waals surface area contributed by atoms with Crippen LogP contribution in [0.4, 0.5) is 0 Å². The zero-order valence-corrected chi connectivity index (χ0v) is 16.5. The third-order valence-corrected chi connectivity index (χ3v) is 7.33. The summed E-state index contributed by atoms with van der Waals surface area (Å²) in [4.78, 5) is 22.9. The van der Waals surface area contributed by atoms with Gasteiger partial charge in [0, 0.05) is 12.2 Å². The summed E-state index contributed by atoms with van der Waals surface area (Å²) in [5.74, 6) is 1.23. The minimum Gasteiger partial charge on any atom is -0.463 e. The molecule has 0 aromatic carbocycles. The van der Waals surface area contributed by atoms with E-state index in [-0.39, 0.29) is 18.0 Å². The second kappa shape index (κ2) is 7.23. The summed E-state index contributed by atoms with van der Waals surface area (Å²) in [5, 5.41) is 0. The fourth-order valence-electron chi connectivity index (χ4n) is 6.76. The second-order valence-corrected chi connectivity index (χ2v) is 9.76. The van der Waals surface area contributed by atoms with Crippen molar-refractivity contribution in [1.82, 2.24) is 0 Å². The van der Waals surface area contributed by atoms with Crippen LogP contribution in [0.15, 0.2) is 12.2 Å². The minimum absolute atomic E-state index is 0.0538. The minimum atomic E-state index is -0.267. The van der Waals surface area contributed by atoms with Crippen LogP contribution in [0.3, 0.4) is 0 Å². The Morgan fingerprint density at radius 1 is 1.15 bits per heavy atom. The van der Waals surface area contributed by atoms with Crippen molar-refractivity contribution >= 4 is 11.9 Å². The molecule has 1 saturated heterocycles. The lowest BCUT2D eigenvalue weighted by Gasteiger charge is -2.62. The van der Waals surface area contributed by atoms with Crippen LogP contribution in [0.25, 0.3) is 0 Å². The molecule has 3 atom stereocenters. The van der Waals surface area contributed by atoms with Gasteiger partial charge in [0.05, 0.1) is 13.0 Å². The molecule has 0 N–H and O–H groups in total. The molecule has 150 valence electrons. The number of hydrogen-bond donors (Lipinski definition) is 0. The molecule has 1 aliphatic heterocycles. The van der Waals surface area contributed by atoms with Crippen molar-refractivity contribution in [3.63, 3.8) is 0 Å². The second-order valence-electron chi connectivity index (χ2n) is 9.76. The molecule has 4 saturated carbocycles. The zero-order valence-electron chi connectivity index (χ0n) is 16.5. The highest BCUT2D eigenvalue weighted by Crippen LogP contribution is 2.67. The quantitative estimate of drug-likeness (QED) is 0.476. The van der Waals surface area contributed by atoms with Crippen molar-refractivity contribution in [2.24, 2.45) is 22.7 Å². The summed E-state index contributed by atoms with van der Waals surface area (Å²) < 4.78 is 16.4. The highest BCUT2D eigenvalue weighted by atomic mass is 16.6. The van der Waals surface area contributed by atoms with E-state index in [4.69, 9.17) is 14.2 Å². The van der Waals surface area contributed by atoms with Gasteiger partial charge in [-0.2, -0.15) is 0 Å². The summed E-state index contributed by atoms with van der Waals surface area (Å²) in [6.45, 7) is 7.01. The Kier molecular flexibility index (Phi) is 5.08. The number of hydrogen-bond acceptors (Lipinski definition) is 5. The maximum absolute atomic E-state index is 11.7. The third-order valence-electron chi connectivity index (χ3n) is 7.33. The lowest BCUT2D eigenvalue weighted by molar-refractivity contribution is -0.147. The van der Waals surface area contributed by atoms with Crippen LogP contribution >= 0.6 is 0 Å².